The summed E-state index contributed by atoms with van der Waals surface area (Å²) in [7, 11) is 5.45. The van der Waals surface area contributed by atoms with Crippen molar-refractivity contribution in [2.75, 3.05) is 19.4 Å². The molecule has 2 fully saturated rings. The maximum absolute atomic E-state index is 13.7. The lowest BCUT2D eigenvalue weighted by Gasteiger charge is -2.39. The first kappa shape index (κ1) is 26.9. The third-order valence-electron chi connectivity index (χ3n) is 8.33. The lowest BCUT2D eigenvalue weighted by Crippen LogP contribution is -2.50. The molecule has 0 bridgehead atoms. The zero-order chi connectivity index (χ0) is 25.6. The van der Waals surface area contributed by atoms with E-state index < -0.39 is 6.04 Å². The molecule has 1 aromatic carbocycles. The molecule has 202 valence electrons. The minimum atomic E-state index is -0.467. The molecule has 2 heterocycles. The van der Waals surface area contributed by atoms with Crippen molar-refractivity contribution in [1.82, 2.24) is 14.5 Å². The summed E-state index contributed by atoms with van der Waals surface area (Å²) < 4.78 is 7.88. The highest BCUT2D eigenvalue weighted by molar-refractivity contribution is 8.77. The second kappa shape index (κ2) is 12.9. The predicted octanol–water partition coefficient (Wildman–Crippen LogP) is 6.45. The smallest absolute Gasteiger partial charge is 0.241 e. The van der Waals surface area contributed by atoms with Gasteiger partial charge in [0.25, 0.3) is 0 Å². The van der Waals surface area contributed by atoms with Gasteiger partial charge >= 0.3 is 0 Å². The van der Waals surface area contributed by atoms with E-state index in [9.17, 15) is 4.79 Å². The quantitative estimate of drug-likeness (QED) is 0.367. The Balaban J connectivity index is 1.33. The van der Waals surface area contributed by atoms with Crippen LogP contribution in [0.25, 0.3) is 11.3 Å². The first-order chi connectivity index (χ1) is 18.1. The molecule has 2 atom stereocenters. The average molecular weight is 543 g/mol. The standard InChI is InChI=1S/C29H42N4O2S2/c1-35-27-15-9-8-14-23(27)25-19-32-16-17-33(26(28(32)31-25)18-21-10-4-2-5-11-21)29(34)24(30)20-36-37-22-12-6-3-7-13-22/h8-9,14-15,19,21-22,24,26H,2-7,10-13,16-18,20,30H2,1H3. The third kappa shape index (κ3) is 6.51. The number of methoxy groups -OCH3 is 1. The Morgan fingerprint density at radius 1 is 1.08 bits per heavy atom. The molecule has 2 aromatic rings. The highest BCUT2D eigenvalue weighted by Crippen LogP contribution is 2.40. The lowest BCUT2D eigenvalue weighted by atomic mass is 9.84. The Morgan fingerprint density at radius 3 is 2.57 bits per heavy atom. The summed E-state index contributed by atoms with van der Waals surface area (Å²) >= 11 is 0. The van der Waals surface area contributed by atoms with Crippen molar-refractivity contribution in [1.29, 1.82) is 0 Å². The Kier molecular flexibility index (Phi) is 9.42. The number of nitrogens with two attached hydrogens (primary N) is 1. The van der Waals surface area contributed by atoms with Gasteiger partial charge in [-0.05, 0) is 37.3 Å². The van der Waals surface area contributed by atoms with E-state index >= 15 is 0 Å². The number of hydrogen-bond acceptors (Lipinski definition) is 6. The number of para-hydroxylation sites is 1. The molecule has 2 saturated carbocycles. The number of hydrogen-bond donors (Lipinski definition) is 1. The van der Waals surface area contributed by atoms with Gasteiger partial charge in [0.15, 0.2) is 0 Å². The third-order valence-corrected chi connectivity index (χ3v) is 11.3. The van der Waals surface area contributed by atoms with E-state index in [-0.39, 0.29) is 11.9 Å². The first-order valence-electron chi connectivity index (χ1n) is 14.2. The van der Waals surface area contributed by atoms with E-state index in [4.69, 9.17) is 15.5 Å². The number of fused-ring (bicyclic) bond motifs is 1. The summed E-state index contributed by atoms with van der Waals surface area (Å²) in [4.78, 5) is 20.9. The molecule has 0 spiro atoms. The van der Waals surface area contributed by atoms with E-state index in [1.54, 1.807) is 17.9 Å². The van der Waals surface area contributed by atoms with Crippen LogP contribution in [0, 0.1) is 5.92 Å². The monoisotopic (exact) mass is 542 g/mol. The number of carbonyl (C=O) groups excluding carboxylic acids is 1. The van der Waals surface area contributed by atoms with Crippen LogP contribution in [0.2, 0.25) is 0 Å². The van der Waals surface area contributed by atoms with Crippen molar-refractivity contribution in [3.63, 3.8) is 0 Å². The van der Waals surface area contributed by atoms with Crippen molar-refractivity contribution in [2.45, 2.75) is 94.5 Å². The zero-order valence-electron chi connectivity index (χ0n) is 22.1. The van der Waals surface area contributed by atoms with E-state index in [2.05, 4.69) is 21.7 Å². The van der Waals surface area contributed by atoms with Crippen molar-refractivity contribution < 1.29 is 9.53 Å². The first-order valence-corrected chi connectivity index (χ1v) is 16.6. The van der Waals surface area contributed by atoms with Crippen LogP contribution >= 0.6 is 21.6 Å². The number of carbonyl (C=O) groups is 1. The van der Waals surface area contributed by atoms with E-state index in [0.717, 1.165) is 41.0 Å². The normalized spacial score (nSPS) is 22.0. The van der Waals surface area contributed by atoms with E-state index in [0.29, 0.717) is 18.2 Å². The number of rotatable bonds is 9. The Bertz CT molecular complexity index is 1030. The van der Waals surface area contributed by atoms with E-state index in [1.807, 2.05) is 29.0 Å². The highest BCUT2D eigenvalue weighted by atomic mass is 33.1. The van der Waals surface area contributed by atoms with Crippen LogP contribution < -0.4 is 10.5 Å². The van der Waals surface area contributed by atoms with Gasteiger partial charge in [0, 0.05) is 35.9 Å². The molecular formula is C29H42N4O2S2. The topological polar surface area (TPSA) is 73.4 Å². The largest absolute Gasteiger partial charge is 0.496 e. The summed E-state index contributed by atoms with van der Waals surface area (Å²) in [5.41, 5.74) is 8.45. The second-order valence-electron chi connectivity index (χ2n) is 10.9. The number of amides is 1. The summed E-state index contributed by atoms with van der Waals surface area (Å²) in [5.74, 6) is 3.23. The number of ether oxygens (including phenoxy) is 1. The Hall–Kier alpha value is -1.64. The fourth-order valence-electron chi connectivity index (χ4n) is 6.26. The molecule has 1 aromatic heterocycles. The second-order valence-corrected chi connectivity index (χ2v) is 13.6. The van der Waals surface area contributed by atoms with Crippen LogP contribution in [0.4, 0.5) is 0 Å². The van der Waals surface area contributed by atoms with Gasteiger partial charge in [-0.15, -0.1) is 0 Å². The average Bonchev–Trinajstić information content (AvgIpc) is 3.39. The van der Waals surface area contributed by atoms with Crippen LogP contribution in [-0.4, -0.2) is 51.1 Å². The Labute approximate surface area is 229 Å². The van der Waals surface area contributed by atoms with Gasteiger partial charge < -0.3 is 19.9 Å². The molecule has 1 aliphatic heterocycles. The maximum Gasteiger partial charge on any atom is 0.241 e. The number of imidazole rings is 1. The SMILES string of the molecule is COc1ccccc1-c1cn2c(n1)C(CC1CCCCC1)N(C(=O)C(N)CSSC1CCCCC1)CC2. The van der Waals surface area contributed by atoms with Crippen LogP contribution in [0.5, 0.6) is 5.75 Å². The number of benzene rings is 1. The van der Waals surface area contributed by atoms with Crippen molar-refractivity contribution in [3.05, 3.63) is 36.3 Å². The number of aromatic nitrogens is 2. The molecule has 2 N–H and O–H groups in total. The molecule has 37 heavy (non-hydrogen) atoms. The molecular weight excluding hydrogens is 500 g/mol. The minimum Gasteiger partial charge on any atom is -0.496 e. The molecule has 1 amide bonds. The van der Waals surface area contributed by atoms with Gasteiger partial charge in [0.05, 0.1) is 24.9 Å². The van der Waals surface area contributed by atoms with Crippen LogP contribution in [-0.2, 0) is 11.3 Å². The summed E-state index contributed by atoms with van der Waals surface area (Å²) in [6, 6.07) is 7.55. The molecule has 2 unspecified atom stereocenters. The molecule has 3 aliphatic rings. The summed E-state index contributed by atoms with van der Waals surface area (Å²) in [6.07, 6.45) is 16.2. The zero-order valence-corrected chi connectivity index (χ0v) is 23.8. The molecule has 6 nitrogen and oxygen atoms in total. The van der Waals surface area contributed by atoms with Crippen LogP contribution in [0.1, 0.15) is 82.5 Å². The summed E-state index contributed by atoms with van der Waals surface area (Å²) in [6.45, 7) is 1.44. The predicted molar refractivity (Wildman–Crippen MR) is 155 cm³/mol. The van der Waals surface area contributed by atoms with Gasteiger partial charge in [-0.3, -0.25) is 4.79 Å². The van der Waals surface area contributed by atoms with Crippen LogP contribution in [0.15, 0.2) is 30.5 Å². The van der Waals surface area contributed by atoms with Crippen molar-refractivity contribution in [3.8, 4) is 17.0 Å². The van der Waals surface area contributed by atoms with Gasteiger partial charge in [-0.25, -0.2) is 4.98 Å². The maximum atomic E-state index is 13.7. The summed E-state index contributed by atoms with van der Waals surface area (Å²) in [5, 5.41) is 0.718. The van der Waals surface area contributed by atoms with Gasteiger partial charge in [0.1, 0.15) is 11.6 Å². The highest BCUT2D eigenvalue weighted by Gasteiger charge is 2.37. The van der Waals surface area contributed by atoms with Gasteiger partial charge in [-0.2, -0.15) is 0 Å². The number of nitrogens with zero attached hydrogens (tertiary/aromatic N) is 3. The Morgan fingerprint density at radius 2 is 1.81 bits per heavy atom. The fraction of sp³-hybridized carbons (Fsp3) is 0.655. The van der Waals surface area contributed by atoms with Gasteiger partial charge in [-0.1, -0.05) is 85.1 Å². The molecule has 2 aliphatic carbocycles. The van der Waals surface area contributed by atoms with Crippen molar-refractivity contribution in [2.24, 2.45) is 11.7 Å². The fourth-order valence-corrected chi connectivity index (χ4v) is 9.18. The van der Waals surface area contributed by atoms with Crippen molar-refractivity contribution >= 4 is 27.5 Å². The molecule has 8 heteroatoms. The molecule has 5 rings (SSSR count). The minimum absolute atomic E-state index is 0.0187. The lowest BCUT2D eigenvalue weighted by molar-refractivity contribution is -0.136. The van der Waals surface area contributed by atoms with Crippen LogP contribution in [0.3, 0.4) is 0 Å². The molecule has 0 saturated heterocycles. The van der Waals surface area contributed by atoms with Gasteiger partial charge in [0.2, 0.25) is 5.91 Å². The molecule has 0 radical (unpaired) electrons. The van der Waals surface area contributed by atoms with E-state index in [1.165, 1.54) is 64.2 Å².